The molecule has 3 amide bonds. The van der Waals surface area contributed by atoms with E-state index in [0.717, 1.165) is 5.56 Å². The lowest BCUT2D eigenvalue weighted by atomic mass is 9.96. The highest BCUT2D eigenvalue weighted by molar-refractivity contribution is 6.74. The van der Waals surface area contributed by atoms with E-state index in [1.54, 1.807) is 14.0 Å². The van der Waals surface area contributed by atoms with Crippen molar-refractivity contribution in [3.63, 3.8) is 0 Å². The molecule has 1 aromatic rings. The number of carbonyl (C=O) groups is 4. The van der Waals surface area contributed by atoms with Gasteiger partial charge in [0.15, 0.2) is 0 Å². The number of esters is 1. The van der Waals surface area contributed by atoms with Crippen LogP contribution in [0, 0.1) is 11.8 Å². The van der Waals surface area contributed by atoms with Gasteiger partial charge in [0.1, 0.15) is 23.9 Å². The summed E-state index contributed by atoms with van der Waals surface area (Å²) in [6.45, 7) is 17.0. The molecule has 3 N–H and O–H groups in total. The molecule has 1 saturated heterocycles. The van der Waals surface area contributed by atoms with E-state index in [9.17, 15) is 19.2 Å². The Morgan fingerprint density at radius 3 is 2.36 bits per heavy atom. The van der Waals surface area contributed by atoms with Crippen molar-refractivity contribution in [3.8, 4) is 5.75 Å². The lowest BCUT2D eigenvalue weighted by molar-refractivity contribution is -0.153. The summed E-state index contributed by atoms with van der Waals surface area (Å²) in [6.07, 6.45) is 10.5. The number of methoxy groups -OCH3 is 1. The average molecular weight is 713 g/mol. The highest BCUT2D eigenvalue weighted by atomic mass is 28.4. The van der Waals surface area contributed by atoms with Crippen molar-refractivity contribution in [1.82, 2.24) is 21.1 Å². The number of benzene rings is 1. The second-order valence-electron chi connectivity index (χ2n) is 15.3. The van der Waals surface area contributed by atoms with Gasteiger partial charge < -0.3 is 24.5 Å². The SMILES string of the molecule is COC1CCC=CC=CCCOC(=O)C2CCCN(N2)C(=O)C(Cc2cccc(O[Si](C)(C)C(C)(C)C)c2)NC(=O)C(C(C)C)NC(=O)C1C. The van der Waals surface area contributed by atoms with E-state index >= 15 is 0 Å². The second kappa shape index (κ2) is 18.7. The third kappa shape index (κ3) is 11.8. The number of allylic oxidation sites excluding steroid dienone is 3. The van der Waals surface area contributed by atoms with E-state index in [4.69, 9.17) is 13.9 Å². The summed E-state index contributed by atoms with van der Waals surface area (Å²) in [6, 6.07) is 5.04. The predicted molar refractivity (Wildman–Crippen MR) is 198 cm³/mol. The van der Waals surface area contributed by atoms with Crippen molar-refractivity contribution in [2.24, 2.45) is 11.8 Å². The van der Waals surface area contributed by atoms with E-state index in [2.05, 4.69) is 49.9 Å². The zero-order chi connectivity index (χ0) is 37.1. The van der Waals surface area contributed by atoms with Gasteiger partial charge in [-0.1, -0.05) is 78.0 Å². The van der Waals surface area contributed by atoms with Crippen molar-refractivity contribution >= 4 is 32.0 Å². The van der Waals surface area contributed by atoms with Gasteiger partial charge in [0.2, 0.25) is 20.1 Å². The minimum absolute atomic E-state index is 0.00654. The fourth-order valence-electron chi connectivity index (χ4n) is 5.68. The monoisotopic (exact) mass is 712 g/mol. The summed E-state index contributed by atoms with van der Waals surface area (Å²) < 4.78 is 17.7. The number of carbonyl (C=O) groups excluding carboxylic acids is 4. The Kier molecular flexibility index (Phi) is 15.3. The van der Waals surface area contributed by atoms with E-state index in [-0.39, 0.29) is 41.9 Å². The zero-order valence-electron chi connectivity index (χ0n) is 31.5. The topological polar surface area (TPSA) is 135 Å². The normalized spacial score (nSPS) is 25.6. The van der Waals surface area contributed by atoms with Crippen LogP contribution in [0.2, 0.25) is 18.1 Å². The van der Waals surface area contributed by atoms with E-state index in [0.29, 0.717) is 44.4 Å². The van der Waals surface area contributed by atoms with Gasteiger partial charge in [-0.15, -0.1) is 0 Å². The number of amides is 3. The maximum atomic E-state index is 14.2. The van der Waals surface area contributed by atoms with E-state index in [1.165, 1.54) is 5.01 Å². The van der Waals surface area contributed by atoms with E-state index < -0.39 is 44.2 Å². The van der Waals surface area contributed by atoms with Gasteiger partial charge in [0, 0.05) is 20.1 Å². The van der Waals surface area contributed by atoms with Crippen molar-refractivity contribution in [3.05, 3.63) is 54.1 Å². The molecule has 3 rings (SSSR count). The van der Waals surface area contributed by atoms with Crippen LogP contribution in [0.1, 0.15) is 79.2 Å². The summed E-state index contributed by atoms with van der Waals surface area (Å²) in [5, 5.41) is 7.32. The second-order valence-corrected chi connectivity index (χ2v) is 20.0. The quantitative estimate of drug-likeness (QED) is 0.270. The first kappa shape index (κ1) is 40.9. The predicted octanol–water partition coefficient (Wildman–Crippen LogP) is 5.22. The van der Waals surface area contributed by atoms with Crippen molar-refractivity contribution in [2.45, 2.75) is 122 Å². The van der Waals surface area contributed by atoms with Crippen LogP contribution in [0.3, 0.4) is 0 Å². The van der Waals surface area contributed by atoms with Crippen LogP contribution in [-0.4, -0.2) is 81.5 Å². The fraction of sp³-hybridized carbons (Fsp3) is 0.632. The molecular weight excluding hydrogens is 653 g/mol. The molecule has 0 aliphatic carbocycles. The van der Waals surface area contributed by atoms with Gasteiger partial charge in [0.25, 0.3) is 5.91 Å². The minimum Gasteiger partial charge on any atom is -0.543 e. The first-order valence-electron chi connectivity index (χ1n) is 18.0. The van der Waals surface area contributed by atoms with Crippen LogP contribution in [0.25, 0.3) is 0 Å². The number of rotatable bonds is 6. The molecule has 5 unspecified atom stereocenters. The number of nitrogens with one attached hydrogen (secondary N) is 3. The maximum absolute atomic E-state index is 14.2. The van der Waals surface area contributed by atoms with Crippen LogP contribution >= 0.6 is 0 Å². The van der Waals surface area contributed by atoms with Crippen LogP contribution < -0.4 is 20.5 Å². The standard InChI is InChI=1S/C38H60N4O7Si/c1-26(2)33-35(44)39-31(25-28-18-16-19-29(24-28)49-50(8,9)38(4,5)6)36(45)42-22-17-20-30(41-42)37(46)48-23-15-13-11-10-12-14-21-32(47-7)27(3)34(43)40-33/h10-13,16,18-19,24,26-27,30-33,41H,14-15,17,20-23,25H2,1-9H3,(H,39,44)(H,40,43). The van der Waals surface area contributed by atoms with Gasteiger partial charge in [-0.05, 0) is 73.9 Å². The molecule has 0 spiro atoms. The number of ether oxygens (including phenoxy) is 2. The molecule has 50 heavy (non-hydrogen) atoms. The van der Waals surface area contributed by atoms with E-state index in [1.807, 2.05) is 62.4 Å². The summed E-state index contributed by atoms with van der Waals surface area (Å²) in [5.41, 5.74) is 3.87. The number of nitrogens with zero attached hydrogens (tertiary/aromatic N) is 1. The van der Waals surface area contributed by atoms with Crippen LogP contribution in [-0.2, 0) is 35.1 Å². The molecule has 2 aliphatic rings. The molecular formula is C38H60N4O7Si. The first-order valence-corrected chi connectivity index (χ1v) is 20.9. The smallest absolute Gasteiger partial charge is 0.324 e. The Hall–Kier alpha value is -3.48. The molecule has 2 aliphatic heterocycles. The highest BCUT2D eigenvalue weighted by Gasteiger charge is 2.39. The summed E-state index contributed by atoms with van der Waals surface area (Å²) in [4.78, 5) is 54.7. The van der Waals surface area contributed by atoms with Crippen LogP contribution in [0.5, 0.6) is 5.75 Å². The molecule has 2 bridgehead atoms. The largest absolute Gasteiger partial charge is 0.543 e. The van der Waals surface area contributed by atoms with Gasteiger partial charge >= 0.3 is 5.97 Å². The number of hydrazine groups is 1. The molecule has 278 valence electrons. The van der Waals surface area contributed by atoms with Crippen molar-refractivity contribution in [1.29, 1.82) is 0 Å². The Morgan fingerprint density at radius 1 is 1.00 bits per heavy atom. The lowest BCUT2D eigenvalue weighted by Crippen LogP contribution is -2.62. The molecule has 5 atom stereocenters. The van der Waals surface area contributed by atoms with Gasteiger partial charge in [-0.2, -0.15) is 0 Å². The Labute approximate surface area is 300 Å². The molecule has 12 heteroatoms. The first-order chi connectivity index (χ1) is 23.5. The summed E-state index contributed by atoms with van der Waals surface area (Å²) >= 11 is 0. The Balaban J connectivity index is 1.95. The number of hydrogen-bond donors (Lipinski definition) is 3. The van der Waals surface area contributed by atoms with Crippen molar-refractivity contribution in [2.75, 3.05) is 20.3 Å². The highest BCUT2D eigenvalue weighted by Crippen LogP contribution is 2.37. The molecule has 2 heterocycles. The lowest BCUT2D eigenvalue weighted by Gasteiger charge is -2.36. The Morgan fingerprint density at radius 2 is 1.70 bits per heavy atom. The van der Waals surface area contributed by atoms with Gasteiger partial charge in [-0.25, -0.2) is 5.43 Å². The molecule has 1 aromatic carbocycles. The average Bonchev–Trinajstić information content (AvgIpc) is 3.05. The molecule has 0 saturated carbocycles. The summed E-state index contributed by atoms with van der Waals surface area (Å²) in [7, 11) is -0.556. The third-order valence-electron chi connectivity index (χ3n) is 9.92. The van der Waals surface area contributed by atoms with Gasteiger partial charge in [-0.3, -0.25) is 24.2 Å². The Bertz CT molecular complexity index is 1370. The molecule has 1 fully saturated rings. The molecule has 0 radical (unpaired) electrons. The summed E-state index contributed by atoms with van der Waals surface area (Å²) in [5.74, 6) is -1.64. The number of fused-ring (bicyclic) bond motifs is 2. The van der Waals surface area contributed by atoms with Crippen LogP contribution in [0.15, 0.2) is 48.6 Å². The fourth-order valence-corrected chi connectivity index (χ4v) is 6.71. The zero-order valence-corrected chi connectivity index (χ0v) is 32.5. The van der Waals surface area contributed by atoms with Crippen molar-refractivity contribution < 1.29 is 33.1 Å². The molecule has 0 aromatic heterocycles. The number of cyclic esters (lactones) is 1. The third-order valence-corrected chi connectivity index (χ3v) is 14.3. The van der Waals surface area contributed by atoms with Gasteiger partial charge in [0.05, 0.1) is 18.6 Å². The minimum atomic E-state index is -2.14. The molecule has 11 nitrogen and oxygen atoms in total. The van der Waals surface area contributed by atoms with Crippen LogP contribution in [0.4, 0.5) is 0 Å². The maximum Gasteiger partial charge on any atom is 0.324 e. The number of hydrogen-bond acceptors (Lipinski definition) is 8.